The van der Waals surface area contributed by atoms with Crippen LogP contribution < -0.4 is 85.9 Å². The number of thioether (sulfide) groups is 2. The Morgan fingerprint density at radius 3 is 1.74 bits per heavy atom. The number of likely N-dealkylation sites (N-methyl/N-ethyl adjacent to an activating group) is 1. The van der Waals surface area contributed by atoms with Crippen LogP contribution in [0.15, 0.2) is 43.0 Å². The predicted octanol–water partition coefficient (Wildman–Crippen LogP) is -7.50. The number of hydrogen-bond donors (Lipinski definition) is 20. The molecule has 3 aromatic rings. The van der Waals surface area contributed by atoms with Crippen molar-refractivity contribution in [1.82, 2.24) is 94.3 Å². The molecule has 0 spiro atoms. The van der Waals surface area contributed by atoms with Gasteiger partial charge in [-0.3, -0.25) is 76.7 Å². The Bertz CT molecular complexity index is 3530. The number of ether oxygens (including phenoxy) is 2. The van der Waals surface area contributed by atoms with Crippen LogP contribution in [0.25, 0.3) is 10.9 Å². The number of nitrogens with zero attached hydrogens (tertiary/aromatic N) is 2. The average Bonchev–Trinajstić information content (AvgIpc) is 1.71. The van der Waals surface area contributed by atoms with Crippen molar-refractivity contribution >= 4 is 129 Å². The third-order valence-electron chi connectivity index (χ3n) is 15.8. The van der Waals surface area contributed by atoms with E-state index in [1.807, 2.05) is 20.1 Å². The first-order chi connectivity index (χ1) is 51.7. The molecule has 0 bridgehead atoms. The maximum Gasteiger partial charge on any atom is 0.246 e. The van der Waals surface area contributed by atoms with Crippen LogP contribution >= 0.6 is 23.5 Å². The Morgan fingerprint density at radius 2 is 1.13 bits per heavy atom. The summed E-state index contributed by atoms with van der Waals surface area (Å²) in [6.07, 6.45) is 5.59. The second-order valence-corrected chi connectivity index (χ2v) is 28.1. The number of para-hydroxylation sites is 1. The number of fused-ring (bicyclic) bond motifs is 1. The van der Waals surface area contributed by atoms with E-state index in [1.165, 1.54) is 43.0 Å². The van der Waals surface area contributed by atoms with Crippen molar-refractivity contribution in [3.05, 3.63) is 54.2 Å². The molecule has 0 aliphatic carbocycles. The van der Waals surface area contributed by atoms with Crippen molar-refractivity contribution in [2.45, 2.75) is 140 Å². The van der Waals surface area contributed by atoms with Crippen LogP contribution in [0.2, 0.25) is 0 Å². The summed E-state index contributed by atoms with van der Waals surface area (Å²) in [5, 5.41) is 55.3. The molecule has 109 heavy (non-hydrogen) atoms. The van der Waals surface area contributed by atoms with Gasteiger partial charge in [-0.25, -0.2) is 4.98 Å². The average molecular weight is 1580 g/mol. The maximum atomic E-state index is 14.3. The fourth-order valence-electron chi connectivity index (χ4n) is 10.1. The number of carbonyl (C=O) groups excluding carboxylic acids is 16. The molecule has 40 nitrogen and oxygen atoms in total. The maximum absolute atomic E-state index is 14.3. The Hall–Kier alpha value is -10.0. The molecular formula is C67H106N20O20S2. The van der Waals surface area contributed by atoms with Crippen LogP contribution in [-0.2, 0) is 99.0 Å². The molecule has 0 fully saturated rings. The number of aliphatic hydroxyl groups excluding tert-OH is 2. The highest BCUT2D eigenvalue weighted by atomic mass is 32.2. The number of nitrogens with one attached hydrogen (secondary N) is 16. The number of H-pyrrole nitrogens is 2. The highest BCUT2D eigenvalue weighted by molar-refractivity contribution is 7.99. The summed E-state index contributed by atoms with van der Waals surface area (Å²) in [6, 6.07) is -6.31. The lowest BCUT2D eigenvalue weighted by molar-refractivity contribution is -0.135. The van der Waals surface area contributed by atoms with E-state index in [4.69, 9.17) is 20.9 Å². The molecule has 0 aliphatic heterocycles. The predicted molar refractivity (Wildman–Crippen MR) is 399 cm³/mol. The van der Waals surface area contributed by atoms with Gasteiger partial charge in [0, 0.05) is 67.5 Å². The number of benzene rings is 1. The summed E-state index contributed by atoms with van der Waals surface area (Å²) in [7, 11) is 3.22. The van der Waals surface area contributed by atoms with Crippen molar-refractivity contribution < 1.29 is 96.4 Å². The molecular weight excluding hydrogens is 1470 g/mol. The van der Waals surface area contributed by atoms with Crippen molar-refractivity contribution in [3.8, 4) is 0 Å². The molecule has 606 valence electrons. The van der Waals surface area contributed by atoms with Crippen molar-refractivity contribution in [2.24, 2.45) is 23.3 Å². The largest absolute Gasteiger partial charge is 0.394 e. The van der Waals surface area contributed by atoms with Gasteiger partial charge in [0.1, 0.15) is 67.0 Å². The zero-order valence-electron chi connectivity index (χ0n) is 62.5. The molecule has 2 heterocycles. The molecule has 1 aromatic carbocycles. The van der Waals surface area contributed by atoms with Gasteiger partial charge in [-0.1, -0.05) is 45.9 Å². The van der Waals surface area contributed by atoms with Crippen LogP contribution in [0.3, 0.4) is 0 Å². The molecule has 0 saturated carbocycles. The highest BCUT2D eigenvalue weighted by Gasteiger charge is 2.35. The number of aromatic nitrogens is 3. The van der Waals surface area contributed by atoms with Crippen molar-refractivity contribution in [3.63, 3.8) is 0 Å². The van der Waals surface area contributed by atoms with E-state index < -0.39 is 194 Å². The zero-order valence-corrected chi connectivity index (χ0v) is 64.1. The molecule has 16 amide bonds. The quantitative estimate of drug-likeness (QED) is 0.0184. The van der Waals surface area contributed by atoms with Crippen LogP contribution in [0.4, 0.5) is 0 Å². The first-order valence-electron chi connectivity index (χ1n) is 34.9. The number of nitrogens with two attached hydrogens (primary N) is 2. The van der Waals surface area contributed by atoms with Gasteiger partial charge < -0.3 is 120 Å². The topological polar surface area (TPSA) is 600 Å². The van der Waals surface area contributed by atoms with Gasteiger partial charge in [0.05, 0.1) is 64.9 Å². The molecule has 0 unspecified atom stereocenters. The third-order valence-corrected chi connectivity index (χ3v) is 17.3. The standard InChI is InChI=1S/C67H106N20O20S2/c1-36(2)22-46(64(102)82-44(58(69)96)16-21-108-9)83-65(103)48(24-41-26-70-34-75-41)79-53(92)28-74-67(105)57(37(3)4)86-59(97)38(5)77-63(101)47(23-40-25-72-43-13-11-10-12-42(40)43)84-62(100)45(14-15-52(68)91)78-56(95)32-107-20-19-106-18-17-71-60(98)49(30-88)80-54(93)27-73-61(99)51(33-109-35-76-39(6)90)85-66(104)50(31-89)81-55(94)29-87(7)8/h10-13,25-26,34,36-38,44-51,57,72,88-89H,14-24,27-33,35H2,1-9H3,(H2,68,91)(H2,69,96)(H,70,75)(H,71,98)(H,73,99)(H,74,105)(H,76,90)(H,77,101)(H,78,95)(H,79,92)(H,80,93)(H,81,94)(H,82,102)(H,83,103)(H,84,100)(H,85,104)(H,86,97)/t38-,44-,45-,46-,47-,48-,49-,50-,51-,57-/m0/s1. The van der Waals surface area contributed by atoms with Gasteiger partial charge in [0.15, 0.2) is 0 Å². The van der Waals surface area contributed by atoms with Gasteiger partial charge >= 0.3 is 0 Å². The Morgan fingerprint density at radius 1 is 0.569 bits per heavy atom. The summed E-state index contributed by atoms with van der Waals surface area (Å²) < 4.78 is 10.9. The van der Waals surface area contributed by atoms with Crippen molar-refractivity contribution in [2.75, 3.05) is 104 Å². The number of rotatable bonds is 53. The molecule has 0 aliphatic rings. The van der Waals surface area contributed by atoms with E-state index in [0.29, 0.717) is 27.9 Å². The van der Waals surface area contributed by atoms with Crippen LogP contribution in [0.5, 0.6) is 0 Å². The molecule has 10 atom stereocenters. The summed E-state index contributed by atoms with van der Waals surface area (Å²) in [6.45, 7) is 4.98. The number of hydrogen-bond acceptors (Lipinski definition) is 24. The van der Waals surface area contributed by atoms with Gasteiger partial charge in [0.2, 0.25) is 94.5 Å². The van der Waals surface area contributed by atoms with Gasteiger partial charge in [0.25, 0.3) is 0 Å². The van der Waals surface area contributed by atoms with Crippen LogP contribution in [0.1, 0.15) is 78.5 Å². The lowest BCUT2D eigenvalue weighted by Gasteiger charge is -2.26. The van der Waals surface area contributed by atoms with Gasteiger partial charge in [-0.15, -0.1) is 11.8 Å². The summed E-state index contributed by atoms with van der Waals surface area (Å²) in [4.78, 5) is 222. The molecule has 2 aromatic heterocycles. The fraction of sp³-hybridized carbons (Fsp3) is 0.597. The summed E-state index contributed by atoms with van der Waals surface area (Å²) in [5.74, 6) is -13.0. The number of aromatic amines is 2. The van der Waals surface area contributed by atoms with E-state index in [0.717, 1.165) is 11.8 Å². The smallest absolute Gasteiger partial charge is 0.246 e. The van der Waals surface area contributed by atoms with Crippen molar-refractivity contribution in [1.29, 1.82) is 0 Å². The summed E-state index contributed by atoms with van der Waals surface area (Å²) >= 11 is 2.48. The number of primary amides is 2. The Kier molecular flexibility index (Phi) is 42.6. The Labute approximate surface area is 638 Å². The minimum absolute atomic E-state index is 0.0428. The molecule has 0 saturated heterocycles. The fourth-order valence-corrected chi connectivity index (χ4v) is 11.5. The number of imidazole rings is 1. The van der Waals surface area contributed by atoms with E-state index in [2.05, 4.69) is 89.4 Å². The monoisotopic (exact) mass is 1570 g/mol. The lowest BCUT2D eigenvalue weighted by atomic mass is 10.0. The minimum atomic E-state index is -1.50. The van der Waals surface area contributed by atoms with Crippen LogP contribution in [0, 0.1) is 11.8 Å². The Balaban J connectivity index is 1.61. The van der Waals surface area contributed by atoms with E-state index in [-0.39, 0.29) is 88.5 Å². The molecule has 22 N–H and O–H groups in total. The highest BCUT2D eigenvalue weighted by Crippen LogP contribution is 2.20. The lowest BCUT2D eigenvalue weighted by Crippen LogP contribution is -2.59. The molecule has 0 radical (unpaired) electrons. The second kappa shape index (κ2) is 49.8. The number of aliphatic hydroxyl groups is 2. The summed E-state index contributed by atoms with van der Waals surface area (Å²) in [5.41, 5.74) is 12.7. The molecule has 3 rings (SSSR count). The van der Waals surface area contributed by atoms with Gasteiger partial charge in [-0.05, 0) is 75.8 Å². The number of amides is 16. The zero-order chi connectivity index (χ0) is 81.3. The van der Waals surface area contributed by atoms with E-state index >= 15 is 0 Å². The van der Waals surface area contributed by atoms with E-state index in [9.17, 15) is 86.9 Å². The van der Waals surface area contributed by atoms with Gasteiger partial charge in [-0.2, -0.15) is 11.8 Å². The first kappa shape index (κ1) is 93.2. The normalized spacial score (nSPS) is 13.9. The van der Waals surface area contributed by atoms with E-state index in [1.54, 1.807) is 58.4 Å². The minimum Gasteiger partial charge on any atom is -0.394 e. The SMILES string of the molecule is CSCC[C@H](NC(=O)[C@H](CC(C)C)NC(=O)[C@H](Cc1cnc[nH]1)NC(=O)CNC(=O)[C@@H](NC(=O)[C@H](C)NC(=O)[C@H](Cc1c[nH]c2ccccc12)NC(=O)[C@H](CCC(N)=O)NC(=O)COCCOCCNC(=O)[C@H](CO)NC(=O)CNC(=O)[C@H](CSCNC(C)=O)NC(=O)[C@H](CO)NC(=O)CN(C)C)C(C)C)C(N)=O. The van der Waals surface area contributed by atoms with Crippen LogP contribution in [-0.4, -0.2) is 289 Å². The third kappa shape index (κ3) is 36.2. The number of carbonyl (C=O) groups is 16. The molecule has 42 heteroatoms. The second-order valence-electron chi connectivity index (χ2n) is 26.1. The first-order valence-corrected chi connectivity index (χ1v) is 37.5.